The zero-order chi connectivity index (χ0) is 10.0. The average Bonchev–Trinajstić information content (AvgIpc) is 2.81. The van der Waals surface area contributed by atoms with Crippen molar-refractivity contribution in [1.82, 2.24) is 5.32 Å². The maximum absolute atomic E-state index is 11.5. The fourth-order valence-electron chi connectivity index (χ4n) is 1.45. The first-order valence-electron chi connectivity index (χ1n) is 5.04. The molecule has 13 heavy (non-hydrogen) atoms. The second-order valence-electron chi connectivity index (χ2n) is 4.21. The van der Waals surface area contributed by atoms with Crippen molar-refractivity contribution in [3.05, 3.63) is 0 Å². The highest BCUT2D eigenvalue weighted by molar-refractivity contribution is 7.81. The highest BCUT2D eigenvalue weighted by Gasteiger charge is 2.37. The molecule has 1 saturated carbocycles. The Labute approximate surface area is 85.9 Å². The molecule has 1 rings (SSSR count). The Balaban J connectivity index is 2.26. The van der Waals surface area contributed by atoms with Gasteiger partial charge in [0, 0.05) is 6.04 Å². The quantitative estimate of drug-likeness (QED) is 0.668. The molecule has 1 N–H and O–H groups in total. The summed E-state index contributed by atoms with van der Waals surface area (Å²) in [5.74, 6) is 1.12. The van der Waals surface area contributed by atoms with Crippen molar-refractivity contribution >= 4 is 18.5 Å². The van der Waals surface area contributed by atoms with Crippen LogP contribution in [0, 0.1) is 11.8 Å². The molecule has 0 bridgehead atoms. The summed E-state index contributed by atoms with van der Waals surface area (Å²) in [4.78, 5) is 11.5. The van der Waals surface area contributed by atoms with Gasteiger partial charge in [0.25, 0.3) is 0 Å². The van der Waals surface area contributed by atoms with E-state index in [0.29, 0.717) is 12.0 Å². The number of hydrogen-bond donors (Lipinski definition) is 2. The minimum atomic E-state index is -0.155. The zero-order valence-electron chi connectivity index (χ0n) is 8.58. The third-order valence-electron chi connectivity index (χ3n) is 2.67. The first kappa shape index (κ1) is 10.9. The molecule has 1 amide bonds. The van der Waals surface area contributed by atoms with Crippen LogP contribution < -0.4 is 5.32 Å². The molecule has 2 nitrogen and oxygen atoms in total. The first-order chi connectivity index (χ1) is 6.06. The van der Waals surface area contributed by atoms with Crippen molar-refractivity contribution in [2.24, 2.45) is 11.8 Å². The van der Waals surface area contributed by atoms with E-state index in [1.165, 1.54) is 6.42 Å². The lowest BCUT2D eigenvalue weighted by molar-refractivity contribution is -0.121. The molecule has 0 aromatic carbocycles. The van der Waals surface area contributed by atoms with Gasteiger partial charge < -0.3 is 5.32 Å². The standard InChI is InChI=1S/C10H19NOS/c1-4-7-5-8(7)11-10(12)9(13)6(2)3/h6-9,13H,4-5H2,1-3H3,(H,11,12). The SMILES string of the molecule is CCC1CC1NC(=O)C(S)C(C)C. The number of hydrogen-bond acceptors (Lipinski definition) is 2. The van der Waals surface area contributed by atoms with Gasteiger partial charge in [-0.15, -0.1) is 0 Å². The van der Waals surface area contributed by atoms with E-state index in [9.17, 15) is 4.79 Å². The predicted octanol–water partition coefficient (Wildman–Crippen LogP) is 1.86. The Hall–Kier alpha value is -0.180. The minimum absolute atomic E-state index is 0.0966. The Bertz CT molecular complexity index is 193. The van der Waals surface area contributed by atoms with Crippen molar-refractivity contribution in [3.8, 4) is 0 Å². The van der Waals surface area contributed by atoms with Crippen molar-refractivity contribution in [2.45, 2.75) is 44.9 Å². The number of amides is 1. The van der Waals surface area contributed by atoms with Crippen LogP contribution in [0.5, 0.6) is 0 Å². The van der Waals surface area contributed by atoms with Gasteiger partial charge in [-0.1, -0.05) is 27.2 Å². The first-order valence-corrected chi connectivity index (χ1v) is 5.56. The number of carbonyl (C=O) groups excluding carboxylic acids is 1. The molecule has 0 radical (unpaired) electrons. The maximum Gasteiger partial charge on any atom is 0.233 e. The van der Waals surface area contributed by atoms with Gasteiger partial charge in [0.1, 0.15) is 0 Å². The molecule has 1 fully saturated rings. The van der Waals surface area contributed by atoms with Crippen molar-refractivity contribution in [2.75, 3.05) is 0 Å². The summed E-state index contributed by atoms with van der Waals surface area (Å²) in [7, 11) is 0. The van der Waals surface area contributed by atoms with Crippen LogP contribution in [0.15, 0.2) is 0 Å². The van der Waals surface area contributed by atoms with Crippen LogP contribution in [-0.2, 0) is 4.79 Å². The number of rotatable bonds is 4. The molecule has 0 spiro atoms. The average molecular weight is 201 g/mol. The largest absolute Gasteiger partial charge is 0.352 e. The normalized spacial score (nSPS) is 28.7. The fourth-order valence-corrected chi connectivity index (χ4v) is 1.52. The number of thiol groups is 1. The summed E-state index contributed by atoms with van der Waals surface area (Å²) in [5.41, 5.74) is 0. The molecule has 3 atom stereocenters. The van der Waals surface area contributed by atoms with Gasteiger partial charge in [-0.25, -0.2) is 0 Å². The second-order valence-corrected chi connectivity index (χ2v) is 4.76. The summed E-state index contributed by atoms with van der Waals surface area (Å²) in [5, 5.41) is 2.87. The third kappa shape index (κ3) is 2.90. The van der Waals surface area contributed by atoms with Gasteiger partial charge in [0.05, 0.1) is 5.25 Å². The van der Waals surface area contributed by atoms with E-state index >= 15 is 0 Å². The summed E-state index contributed by atoms with van der Waals surface area (Å²) < 4.78 is 0. The molecule has 1 aliphatic carbocycles. The topological polar surface area (TPSA) is 29.1 Å². The van der Waals surface area contributed by atoms with E-state index in [4.69, 9.17) is 0 Å². The van der Waals surface area contributed by atoms with Gasteiger partial charge in [-0.3, -0.25) is 4.79 Å². The van der Waals surface area contributed by atoms with E-state index in [-0.39, 0.29) is 11.2 Å². The summed E-state index contributed by atoms with van der Waals surface area (Å²) in [6.45, 7) is 6.19. The Morgan fingerprint density at radius 2 is 2.23 bits per heavy atom. The molecular weight excluding hydrogens is 182 g/mol. The van der Waals surface area contributed by atoms with E-state index < -0.39 is 0 Å². The van der Waals surface area contributed by atoms with E-state index in [1.807, 2.05) is 13.8 Å². The summed E-state index contributed by atoms with van der Waals surface area (Å²) in [6, 6.07) is 0.436. The van der Waals surface area contributed by atoms with Crippen LogP contribution in [0.25, 0.3) is 0 Å². The van der Waals surface area contributed by atoms with Crippen LogP contribution in [0.2, 0.25) is 0 Å². The highest BCUT2D eigenvalue weighted by Crippen LogP contribution is 2.33. The van der Waals surface area contributed by atoms with Crippen molar-refractivity contribution < 1.29 is 4.79 Å². The molecule has 3 unspecified atom stereocenters. The summed E-state index contributed by atoms with van der Waals surface area (Å²) in [6.07, 6.45) is 2.32. The predicted molar refractivity (Wildman–Crippen MR) is 57.9 cm³/mol. The van der Waals surface area contributed by atoms with Gasteiger partial charge in [0.2, 0.25) is 5.91 Å². The van der Waals surface area contributed by atoms with Crippen LogP contribution in [-0.4, -0.2) is 17.2 Å². The van der Waals surface area contributed by atoms with Gasteiger partial charge >= 0.3 is 0 Å². The van der Waals surface area contributed by atoms with Crippen LogP contribution in [0.1, 0.15) is 33.6 Å². The van der Waals surface area contributed by atoms with E-state index in [2.05, 4.69) is 24.9 Å². The van der Waals surface area contributed by atoms with Crippen molar-refractivity contribution in [1.29, 1.82) is 0 Å². The van der Waals surface area contributed by atoms with E-state index in [1.54, 1.807) is 0 Å². The molecule has 3 heteroatoms. The molecule has 0 aromatic rings. The fraction of sp³-hybridized carbons (Fsp3) is 0.900. The summed E-state index contributed by atoms with van der Waals surface area (Å²) >= 11 is 4.27. The van der Waals surface area contributed by atoms with Gasteiger partial charge in [-0.2, -0.15) is 12.6 Å². The number of carbonyl (C=O) groups is 1. The van der Waals surface area contributed by atoms with Crippen LogP contribution in [0.4, 0.5) is 0 Å². The highest BCUT2D eigenvalue weighted by atomic mass is 32.1. The zero-order valence-corrected chi connectivity index (χ0v) is 9.47. The minimum Gasteiger partial charge on any atom is -0.352 e. The van der Waals surface area contributed by atoms with Gasteiger partial charge in [0.15, 0.2) is 0 Å². The van der Waals surface area contributed by atoms with E-state index in [0.717, 1.165) is 12.3 Å². The smallest absolute Gasteiger partial charge is 0.233 e. The maximum atomic E-state index is 11.5. The van der Waals surface area contributed by atoms with Gasteiger partial charge in [-0.05, 0) is 18.3 Å². The van der Waals surface area contributed by atoms with Crippen LogP contribution in [0.3, 0.4) is 0 Å². The Morgan fingerprint density at radius 3 is 2.62 bits per heavy atom. The number of nitrogens with one attached hydrogen (secondary N) is 1. The van der Waals surface area contributed by atoms with Crippen LogP contribution >= 0.6 is 12.6 Å². The molecule has 76 valence electrons. The molecule has 0 saturated heterocycles. The molecule has 0 aromatic heterocycles. The Morgan fingerprint density at radius 1 is 1.62 bits per heavy atom. The second kappa shape index (κ2) is 4.36. The molecular formula is C10H19NOS. The molecule has 1 aliphatic rings. The monoisotopic (exact) mass is 201 g/mol. The lowest BCUT2D eigenvalue weighted by atomic mass is 10.1. The third-order valence-corrected chi connectivity index (χ3v) is 3.51. The lowest BCUT2D eigenvalue weighted by Crippen LogP contribution is -2.36. The molecule has 0 heterocycles. The van der Waals surface area contributed by atoms with Crippen molar-refractivity contribution in [3.63, 3.8) is 0 Å². The Kier molecular flexibility index (Phi) is 3.65. The lowest BCUT2D eigenvalue weighted by Gasteiger charge is -2.14. The molecule has 0 aliphatic heterocycles.